The van der Waals surface area contributed by atoms with Gasteiger partial charge in [0, 0.05) is 32.0 Å². The van der Waals surface area contributed by atoms with E-state index >= 15 is 0 Å². The van der Waals surface area contributed by atoms with Gasteiger partial charge in [-0.15, -0.1) is 0 Å². The van der Waals surface area contributed by atoms with Gasteiger partial charge in [0.2, 0.25) is 0 Å². The lowest BCUT2D eigenvalue weighted by Gasteiger charge is -2.23. The lowest BCUT2D eigenvalue weighted by Crippen LogP contribution is -2.39. The largest absolute Gasteiger partial charge is 0.508 e. The van der Waals surface area contributed by atoms with Crippen LogP contribution >= 0.6 is 0 Å². The summed E-state index contributed by atoms with van der Waals surface area (Å²) in [7, 11) is 0. The van der Waals surface area contributed by atoms with Crippen molar-refractivity contribution in [3.63, 3.8) is 0 Å². The second-order valence-electron chi connectivity index (χ2n) is 8.18. The van der Waals surface area contributed by atoms with E-state index in [1.807, 2.05) is 0 Å². The van der Waals surface area contributed by atoms with Gasteiger partial charge in [-0.25, -0.2) is 15.0 Å². The molecule has 1 aliphatic rings. The first-order valence-corrected chi connectivity index (χ1v) is 11.0. The predicted octanol–water partition coefficient (Wildman–Crippen LogP) is 2.41. The van der Waals surface area contributed by atoms with Gasteiger partial charge >= 0.3 is 11.9 Å². The SMILES string of the molecule is CC(=O)CCC1OC(n2cnc3c(Nc4cccc(O)c4)ncnc32)C(OC(C)=O)C1OC(C)=O. The Morgan fingerprint density at radius 3 is 2.51 bits per heavy atom. The molecule has 35 heavy (non-hydrogen) atoms. The fraction of sp³-hybridized carbons (Fsp3) is 0.391. The van der Waals surface area contributed by atoms with Gasteiger partial charge < -0.3 is 29.4 Å². The Labute approximate surface area is 200 Å². The molecule has 4 rings (SSSR count). The number of rotatable bonds is 8. The molecule has 4 atom stereocenters. The molecule has 0 aliphatic carbocycles. The number of phenolic OH excluding ortho intramolecular Hbond substituents is 1. The minimum atomic E-state index is -0.997. The number of aromatic nitrogens is 4. The first-order valence-electron chi connectivity index (χ1n) is 11.0. The molecule has 0 bridgehead atoms. The van der Waals surface area contributed by atoms with Crippen LogP contribution in [0.1, 0.15) is 39.8 Å². The van der Waals surface area contributed by atoms with Crippen molar-refractivity contribution in [2.24, 2.45) is 0 Å². The molecule has 0 amide bonds. The van der Waals surface area contributed by atoms with Crippen molar-refractivity contribution >= 4 is 40.4 Å². The van der Waals surface area contributed by atoms with Crippen LogP contribution in [0, 0.1) is 0 Å². The molecule has 2 aromatic heterocycles. The maximum absolute atomic E-state index is 11.9. The lowest BCUT2D eigenvalue weighted by molar-refractivity contribution is -0.165. The van der Waals surface area contributed by atoms with Gasteiger partial charge in [0.15, 0.2) is 35.4 Å². The number of phenols is 1. The van der Waals surface area contributed by atoms with E-state index in [0.29, 0.717) is 22.7 Å². The number of nitrogens with zero attached hydrogens (tertiary/aromatic N) is 4. The highest BCUT2D eigenvalue weighted by Crippen LogP contribution is 2.38. The fourth-order valence-corrected chi connectivity index (χ4v) is 4.01. The number of ketones is 1. The average molecular weight is 483 g/mol. The molecule has 184 valence electrons. The molecule has 3 aromatic rings. The lowest BCUT2D eigenvalue weighted by atomic mass is 10.0. The van der Waals surface area contributed by atoms with Crippen LogP contribution in [-0.2, 0) is 28.6 Å². The Balaban J connectivity index is 1.71. The number of aromatic hydroxyl groups is 1. The van der Waals surface area contributed by atoms with E-state index in [1.165, 1.54) is 39.5 Å². The summed E-state index contributed by atoms with van der Waals surface area (Å²) in [5, 5.41) is 12.8. The number of benzene rings is 1. The number of carbonyl (C=O) groups is 3. The minimum absolute atomic E-state index is 0.0499. The van der Waals surface area contributed by atoms with Crippen LogP contribution in [-0.4, -0.2) is 60.7 Å². The fourth-order valence-electron chi connectivity index (χ4n) is 4.01. The number of imidazole rings is 1. The molecule has 0 radical (unpaired) electrons. The number of nitrogens with one attached hydrogen (secondary N) is 1. The number of carbonyl (C=O) groups excluding carboxylic acids is 3. The Bertz CT molecular complexity index is 1260. The zero-order valence-corrected chi connectivity index (χ0v) is 19.4. The van der Waals surface area contributed by atoms with Crippen LogP contribution in [0.2, 0.25) is 0 Å². The summed E-state index contributed by atoms with van der Waals surface area (Å²) in [5.41, 5.74) is 1.37. The second-order valence-corrected chi connectivity index (χ2v) is 8.18. The van der Waals surface area contributed by atoms with Crippen LogP contribution < -0.4 is 5.32 Å². The third-order valence-electron chi connectivity index (χ3n) is 5.41. The zero-order valence-electron chi connectivity index (χ0n) is 19.4. The van der Waals surface area contributed by atoms with Gasteiger partial charge in [-0.2, -0.15) is 0 Å². The molecule has 3 heterocycles. The van der Waals surface area contributed by atoms with Crippen molar-refractivity contribution in [3.05, 3.63) is 36.9 Å². The van der Waals surface area contributed by atoms with Gasteiger partial charge in [0.25, 0.3) is 0 Å². The quantitative estimate of drug-likeness (QED) is 0.454. The summed E-state index contributed by atoms with van der Waals surface area (Å²) >= 11 is 0. The normalized spacial score (nSPS) is 21.6. The summed E-state index contributed by atoms with van der Waals surface area (Å²) in [5.74, 6) is -0.738. The first kappa shape index (κ1) is 24.1. The van der Waals surface area contributed by atoms with Crippen molar-refractivity contribution in [1.29, 1.82) is 0 Å². The van der Waals surface area contributed by atoms with Crippen LogP contribution in [0.3, 0.4) is 0 Å². The Morgan fingerprint density at radius 1 is 1.09 bits per heavy atom. The van der Waals surface area contributed by atoms with E-state index < -0.39 is 36.5 Å². The number of fused-ring (bicyclic) bond motifs is 1. The number of ether oxygens (including phenoxy) is 3. The zero-order chi connectivity index (χ0) is 25.1. The molecule has 0 spiro atoms. The van der Waals surface area contributed by atoms with E-state index in [-0.39, 0.29) is 24.4 Å². The number of anilines is 2. The van der Waals surface area contributed by atoms with Crippen molar-refractivity contribution < 1.29 is 33.7 Å². The van der Waals surface area contributed by atoms with Crippen LogP contribution in [0.15, 0.2) is 36.9 Å². The number of Topliss-reactive ketones (excluding diaryl/α,β-unsaturated/α-hetero) is 1. The molecule has 4 unspecified atom stereocenters. The van der Waals surface area contributed by atoms with Crippen molar-refractivity contribution in [1.82, 2.24) is 19.5 Å². The molecule has 1 aliphatic heterocycles. The molecule has 1 aromatic carbocycles. The monoisotopic (exact) mass is 483 g/mol. The highest BCUT2D eigenvalue weighted by atomic mass is 16.6. The van der Waals surface area contributed by atoms with E-state index in [2.05, 4.69) is 20.3 Å². The van der Waals surface area contributed by atoms with Gasteiger partial charge in [0.1, 0.15) is 24.0 Å². The number of hydrogen-bond acceptors (Lipinski definition) is 11. The number of esters is 2. The molecule has 12 nitrogen and oxygen atoms in total. The molecule has 1 fully saturated rings. The third kappa shape index (κ3) is 5.38. The second kappa shape index (κ2) is 10.1. The summed E-state index contributed by atoms with van der Waals surface area (Å²) in [6.45, 7) is 3.95. The number of hydrogen-bond donors (Lipinski definition) is 2. The summed E-state index contributed by atoms with van der Waals surface area (Å²) in [4.78, 5) is 48.3. The third-order valence-corrected chi connectivity index (χ3v) is 5.41. The van der Waals surface area contributed by atoms with E-state index in [1.54, 1.807) is 22.8 Å². The molecule has 1 saturated heterocycles. The van der Waals surface area contributed by atoms with E-state index in [9.17, 15) is 19.5 Å². The minimum Gasteiger partial charge on any atom is -0.508 e. The van der Waals surface area contributed by atoms with Gasteiger partial charge in [-0.05, 0) is 25.5 Å². The summed E-state index contributed by atoms with van der Waals surface area (Å²) < 4.78 is 18.7. The summed E-state index contributed by atoms with van der Waals surface area (Å²) in [6, 6.07) is 6.51. The van der Waals surface area contributed by atoms with Crippen molar-refractivity contribution in [2.75, 3.05) is 5.32 Å². The molecule has 12 heteroatoms. The summed E-state index contributed by atoms with van der Waals surface area (Å²) in [6.07, 6.45) is -0.270. The van der Waals surface area contributed by atoms with E-state index in [4.69, 9.17) is 14.2 Å². The maximum Gasteiger partial charge on any atom is 0.303 e. The van der Waals surface area contributed by atoms with Crippen molar-refractivity contribution in [3.8, 4) is 5.75 Å². The standard InChI is InChI=1S/C23H25N5O7/c1-12(29)7-8-17-19(33-13(2)30)20(34-14(3)31)23(35-17)28-11-26-18-21(24-10-25-22(18)28)27-15-5-4-6-16(32)9-15/h4-6,9-11,17,19-20,23,32H,7-8H2,1-3H3,(H,24,25,27). The van der Waals surface area contributed by atoms with Crippen LogP contribution in [0.5, 0.6) is 5.75 Å². The van der Waals surface area contributed by atoms with Crippen LogP contribution in [0.4, 0.5) is 11.5 Å². The Morgan fingerprint density at radius 2 is 1.83 bits per heavy atom. The Hall–Kier alpha value is -4.06. The Kier molecular flexibility index (Phi) is 6.92. The van der Waals surface area contributed by atoms with Gasteiger partial charge in [-0.3, -0.25) is 14.2 Å². The van der Waals surface area contributed by atoms with Crippen molar-refractivity contribution in [2.45, 2.75) is 58.2 Å². The maximum atomic E-state index is 11.9. The molecular formula is C23H25N5O7. The smallest absolute Gasteiger partial charge is 0.303 e. The average Bonchev–Trinajstić information content (AvgIpc) is 3.34. The van der Waals surface area contributed by atoms with Gasteiger partial charge in [-0.1, -0.05) is 6.07 Å². The first-order chi connectivity index (χ1) is 16.7. The highest BCUT2D eigenvalue weighted by molar-refractivity contribution is 5.85. The highest BCUT2D eigenvalue weighted by Gasteiger charge is 2.50. The molecule has 0 saturated carbocycles. The van der Waals surface area contributed by atoms with Gasteiger partial charge in [0.05, 0.1) is 6.33 Å². The molecular weight excluding hydrogens is 458 g/mol. The predicted molar refractivity (Wildman–Crippen MR) is 122 cm³/mol. The topological polar surface area (TPSA) is 155 Å². The van der Waals surface area contributed by atoms with E-state index in [0.717, 1.165) is 0 Å². The molecule has 2 N–H and O–H groups in total. The van der Waals surface area contributed by atoms with Crippen LogP contribution in [0.25, 0.3) is 11.2 Å².